The van der Waals surface area contributed by atoms with Gasteiger partial charge < -0.3 is 14.5 Å². The number of allylic oxidation sites excluding steroid dienone is 2. The van der Waals surface area contributed by atoms with Gasteiger partial charge in [0, 0.05) is 50.1 Å². The van der Waals surface area contributed by atoms with E-state index in [0.717, 1.165) is 50.1 Å². The van der Waals surface area contributed by atoms with Crippen molar-refractivity contribution < 1.29 is 18.7 Å². The molecule has 5 rings (SSSR count). The van der Waals surface area contributed by atoms with Crippen LogP contribution in [0.1, 0.15) is 55.5 Å². The number of fused-ring (bicyclic) bond motifs is 1. The number of hydrogen-bond donors (Lipinski definition) is 0. The number of carbonyl (C=O) groups excluding carboxylic acids is 2. The van der Waals surface area contributed by atoms with E-state index in [9.17, 15) is 14.0 Å². The summed E-state index contributed by atoms with van der Waals surface area (Å²) < 4.78 is 21.2. The average molecular weight is 561 g/mol. The zero-order chi connectivity index (χ0) is 28.8. The highest BCUT2D eigenvalue weighted by Gasteiger charge is 2.30. The van der Waals surface area contributed by atoms with E-state index in [1.54, 1.807) is 17.2 Å². The molecule has 8 heteroatoms. The van der Waals surface area contributed by atoms with Crippen LogP contribution in [0.3, 0.4) is 0 Å². The molecule has 0 bridgehead atoms. The quantitative estimate of drug-likeness (QED) is 0.313. The van der Waals surface area contributed by atoms with Gasteiger partial charge in [0.1, 0.15) is 17.7 Å². The Kier molecular flexibility index (Phi) is 9.49. The molecule has 2 amide bonds. The molecule has 2 aromatic rings. The SMILES string of the molecule is CC=NCCN1Cc2c(F)cc(-c3ccc(OC4CCN(C(=O)CN5CCC(/C=C/C)CC5)CC4)cc3)cc2C1=O. The molecule has 0 aliphatic carbocycles. The Labute approximate surface area is 242 Å². The second-order valence-corrected chi connectivity index (χ2v) is 11.2. The first-order valence-corrected chi connectivity index (χ1v) is 14.9. The largest absolute Gasteiger partial charge is 0.490 e. The summed E-state index contributed by atoms with van der Waals surface area (Å²) in [6.45, 7) is 9.07. The lowest BCUT2D eigenvalue weighted by Crippen LogP contribution is -2.47. The summed E-state index contributed by atoms with van der Waals surface area (Å²) in [5, 5.41) is 0. The average Bonchev–Trinajstić information content (AvgIpc) is 3.31. The molecule has 0 spiro atoms. The maximum atomic E-state index is 15.0. The fourth-order valence-corrected chi connectivity index (χ4v) is 6.08. The van der Waals surface area contributed by atoms with Crippen molar-refractivity contribution >= 4 is 18.0 Å². The minimum atomic E-state index is -0.355. The summed E-state index contributed by atoms with van der Waals surface area (Å²) in [4.78, 5) is 35.8. The van der Waals surface area contributed by atoms with E-state index < -0.39 is 0 Å². The number of piperidine rings is 2. The second-order valence-electron chi connectivity index (χ2n) is 11.2. The minimum Gasteiger partial charge on any atom is -0.490 e. The Bertz CT molecular complexity index is 1280. The normalized spacial score (nSPS) is 19.0. The number of ether oxygens (including phenoxy) is 1. The first-order valence-electron chi connectivity index (χ1n) is 14.9. The van der Waals surface area contributed by atoms with Gasteiger partial charge in [-0.05, 0) is 87.3 Å². The van der Waals surface area contributed by atoms with Crippen LogP contribution < -0.4 is 4.74 Å². The molecular weight excluding hydrogens is 519 g/mol. The number of halogens is 1. The van der Waals surface area contributed by atoms with Crippen molar-refractivity contribution in [1.82, 2.24) is 14.7 Å². The van der Waals surface area contributed by atoms with Crippen molar-refractivity contribution in [2.24, 2.45) is 10.9 Å². The fraction of sp³-hybridized carbons (Fsp3) is 0.485. The highest BCUT2D eigenvalue weighted by atomic mass is 19.1. The first-order chi connectivity index (χ1) is 19.9. The summed E-state index contributed by atoms with van der Waals surface area (Å²) in [5.41, 5.74) is 2.39. The van der Waals surface area contributed by atoms with Crippen LogP contribution in [0.15, 0.2) is 53.5 Å². The number of rotatable bonds is 9. The summed E-state index contributed by atoms with van der Waals surface area (Å²) in [6, 6.07) is 10.9. The second kappa shape index (κ2) is 13.4. The maximum Gasteiger partial charge on any atom is 0.254 e. The third-order valence-electron chi connectivity index (χ3n) is 8.48. The van der Waals surface area contributed by atoms with E-state index in [0.29, 0.717) is 55.3 Å². The smallest absolute Gasteiger partial charge is 0.254 e. The number of hydrogen-bond acceptors (Lipinski definition) is 5. The van der Waals surface area contributed by atoms with Gasteiger partial charge in [0.05, 0.1) is 13.1 Å². The number of aliphatic imine (C=N–C) groups is 1. The standard InChI is InChI=1S/C33H41FN4O3/c1-3-5-24-10-15-36(16-11-24)23-32(39)37-17-12-28(13-18-37)41-27-8-6-25(7-9-27)26-20-29-30(31(34)21-26)22-38(33(29)40)19-14-35-4-2/h3-9,20-21,24,28H,10-19,22-23H2,1-2H3/b5-3+,35-4?. The van der Waals surface area contributed by atoms with Gasteiger partial charge in [0.15, 0.2) is 0 Å². The number of carbonyl (C=O) groups is 2. The van der Waals surface area contributed by atoms with Crippen LogP contribution in [0, 0.1) is 11.7 Å². The van der Waals surface area contributed by atoms with Gasteiger partial charge in [0.25, 0.3) is 5.91 Å². The molecule has 0 unspecified atom stereocenters. The highest BCUT2D eigenvalue weighted by Crippen LogP contribution is 2.32. The lowest BCUT2D eigenvalue weighted by atomic mass is 9.96. The Hall–Kier alpha value is -3.52. The van der Waals surface area contributed by atoms with E-state index in [2.05, 4.69) is 29.0 Å². The van der Waals surface area contributed by atoms with Gasteiger partial charge in [-0.15, -0.1) is 0 Å². The van der Waals surface area contributed by atoms with Crippen LogP contribution in [-0.2, 0) is 11.3 Å². The van der Waals surface area contributed by atoms with Gasteiger partial charge in [-0.1, -0.05) is 24.3 Å². The molecule has 2 aromatic carbocycles. The van der Waals surface area contributed by atoms with Gasteiger partial charge in [-0.3, -0.25) is 19.5 Å². The zero-order valence-electron chi connectivity index (χ0n) is 24.2. The van der Waals surface area contributed by atoms with Gasteiger partial charge in [0.2, 0.25) is 5.91 Å². The van der Waals surface area contributed by atoms with Crippen LogP contribution in [0.2, 0.25) is 0 Å². The predicted octanol–water partition coefficient (Wildman–Crippen LogP) is 5.20. The Balaban J connectivity index is 1.11. The molecule has 2 fully saturated rings. The first kappa shape index (κ1) is 29.0. The van der Waals surface area contributed by atoms with E-state index in [1.165, 1.54) is 6.07 Å². The van der Waals surface area contributed by atoms with Crippen LogP contribution in [0.5, 0.6) is 5.75 Å². The van der Waals surface area contributed by atoms with Crippen molar-refractivity contribution in [3.8, 4) is 16.9 Å². The minimum absolute atomic E-state index is 0.0552. The lowest BCUT2D eigenvalue weighted by molar-refractivity contribution is -0.134. The van der Waals surface area contributed by atoms with E-state index in [4.69, 9.17) is 4.74 Å². The number of likely N-dealkylation sites (tertiary alicyclic amines) is 2. The molecular formula is C33H41FN4O3. The van der Waals surface area contributed by atoms with Crippen LogP contribution in [0.25, 0.3) is 11.1 Å². The van der Waals surface area contributed by atoms with Crippen LogP contribution in [0.4, 0.5) is 4.39 Å². The van der Waals surface area contributed by atoms with E-state index in [-0.39, 0.29) is 30.3 Å². The van der Waals surface area contributed by atoms with E-state index in [1.807, 2.05) is 36.1 Å². The number of nitrogens with zero attached hydrogens (tertiary/aromatic N) is 4. The molecule has 0 atom stereocenters. The Morgan fingerprint density at radius 1 is 1.02 bits per heavy atom. The molecule has 0 aromatic heterocycles. The zero-order valence-corrected chi connectivity index (χ0v) is 24.2. The fourth-order valence-electron chi connectivity index (χ4n) is 6.08. The summed E-state index contributed by atoms with van der Waals surface area (Å²) in [7, 11) is 0. The monoisotopic (exact) mass is 560 g/mol. The predicted molar refractivity (Wildman–Crippen MR) is 160 cm³/mol. The van der Waals surface area contributed by atoms with Crippen molar-refractivity contribution in [2.45, 2.75) is 52.2 Å². The molecule has 218 valence electrons. The van der Waals surface area contributed by atoms with Crippen molar-refractivity contribution in [1.29, 1.82) is 0 Å². The van der Waals surface area contributed by atoms with Crippen LogP contribution >= 0.6 is 0 Å². The molecule has 2 saturated heterocycles. The molecule has 0 saturated carbocycles. The van der Waals surface area contributed by atoms with Gasteiger partial charge in [-0.25, -0.2) is 4.39 Å². The third-order valence-corrected chi connectivity index (χ3v) is 8.48. The molecule has 3 aliphatic rings. The molecule has 0 radical (unpaired) electrons. The third kappa shape index (κ3) is 7.04. The van der Waals surface area contributed by atoms with Crippen molar-refractivity contribution in [3.05, 3.63) is 65.5 Å². The molecule has 0 N–H and O–H groups in total. The number of benzene rings is 2. The maximum absolute atomic E-state index is 15.0. The summed E-state index contributed by atoms with van der Waals surface area (Å²) in [6.07, 6.45) is 10.0. The summed E-state index contributed by atoms with van der Waals surface area (Å²) >= 11 is 0. The van der Waals surface area contributed by atoms with Gasteiger partial charge in [-0.2, -0.15) is 0 Å². The molecule has 41 heavy (non-hydrogen) atoms. The molecule has 3 heterocycles. The topological polar surface area (TPSA) is 65.5 Å². The van der Waals surface area contributed by atoms with Crippen molar-refractivity contribution in [3.63, 3.8) is 0 Å². The Morgan fingerprint density at radius 3 is 2.44 bits per heavy atom. The molecule has 3 aliphatic heterocycles. The van der Waals surface area contributed by atoms with Gasteiger partial charge >= 0.3 is 0 Å². The Morgan fingerprint density at radius 2 is 1.76 bits per heavy atom. The highest BCUT2D eigenvalue weighted by molar-refractivity contribution is 5.99. The summed E-state index contributed by atoms with van der Waals surface area (Å²) in [5.74, 6) is 1.12. The van der Waals surface area contributed by atoms with E-state index >= 15 is 0 Å². The lowest BCUT2D eigenvalue weighted by Gasteiger charge is -2.35. The van der Waals surface area contributed by atoms with Crippen molar-refractivity contribution in [2.75, 3.05) is 45.8 Å². The molecule has 7 nitrogen and oxygen atoms in total. The van der Waals surface area contributed by atoms with Crippen LogP contribution in [-0.4, -0.2) is 84.6 Å². The number of amides is 2.